The number of benzene rings is 3. The lowest BCUT2D eigenvalue weighted by atomic mass is 9.98. The fourth-order valence-electron chi connectivity index (χ4n) is 2.58. The molecule has 3 aromatic rings. The van der Waals surface area contributed by atoms with Crippen molar-refractivity contribution in [1.82, 2.24) is 5.32 Å². The van der Waals surface area contributed by atoms with Crippen LogP contribution in [0, 0.1) is 11.6 Å². The molecule has 2 nitrogen and oxygen atoms in total. The first-order chi connectivity index (χ1) is 12.1. The summed E-state index contributed by atoms with van der Waals surface area (Å²) in [5.41, 5.74) is 0.938. The number of amides is 1. The van der Waals surface area contributed by atoms with Crippen LogP contribution in [0.25, 0.3) is 0 Å². The van der Waals surface area contributed by atoms with Crippen molar-refractivity contribution in [3.8, 4) is 0 Å². The second-order valence-corrected chi connectivity index (χ2v) is 5.90. The average molecular weight is 358 g/mol. The van der Waals surface area contributed by atoms with Crippen LogP contribution in [0.2, 0.25) is 5.02 Å². The predicted octanol–water partition coefficient (Wildman–Crippen LogP) is 5.14. The van der Waals surface area contributed by atoms with E-state index in [0.717, 1.165) is 23.3 Å². The minimum absolute atomic E-state index is 0.557. The highest BCUT2D eigenvalue weighted by atomic mass is 35.5. The zero-order valence-corrected chi connectivity index (χ0v) is 13.8. The van der Waals surface area contributed by atoms with Crippen LogP contribution in [0.15, 0.2) is 72.8 Å². The normalized spacial score (nSPS) is 11.8. The summed E-state index contributed by atoms with van der Waals surface area (Å²) in [6.07, 6.45) is 0. The fourth-order valence-corrected chi connectivity index (χ4v) is 2.70. The van der Waals surface area contributed by atoms with Gasteiger partial charge in [-0.1, -0.05) is 60.1 Å². The summed E-state index contributed by atoms with van der Waals surface area (Å²) >= 11 is 5.92. The van der Waals surface area contributed by atoms with Gasteiger partial charge in [0.2, 0.25) is 0 Å². The van der Waals surface area contributed by atoms with Gasteiger partial charge in [0.25, 0.3) is 5.91 Å². The van der Waals surface area contributed by atoms with Crippen molar-refractivity contribution < 1.29 is 13.6 Å². The fraction of sp³-hybridized carbons (Fsp3) is 0.0500. The van der Waals surface area contributed by atoms with Crippen LogP contribution in [-0.2, 0) is 0 Å². The molecule has 0 bridgehead atoms. The standard InChI is InChI=1S/C20H14ClF2NO/c21-15-11-9-14(10-12-15)19(13-5-2-1-3-6-13)24-20(25)18-16(22)7-4-8-17(18)23/h1-12,19H,(H,24,25). The van der Waals surface area contributed by atoms with Crippen molar-refractivity contribution in [2.45, 2.75) is 6.04 Å². The third kappa shape index (κ3) is 3.86. The maximum absolute atomic E-state index is 13.9. The van der Waals surface area contributed by atoms with Crippen molar-refractivity contribution >= 4 is 17.5 Å². The Kier molecular flexibility index (Phi) is 5.10. The number of rotatable bonds is 4. The number of nitrogens with one attached hydrogen (secondary N) is 1. The third-order valence-corrected chi connectivity index (χ3v) is 4.05. The highest BCUT2D eigenvalue weighted by Crippen LogP contribution is 2.24. The molecule has 3 rings (SSSR count). The third-order valence-electron chi connectivity index (χ3n) is 3.80. The molecule has 1 N–H and O–H groups in total. The van der Waals surface area contributed by atoms with E-state index >= 15 is 0 Å². The van der Waals surface area contributed by atoms with Crippen molar-refractivity contribution in [1.29, 1.82) is 0 Å². The highest BCUT2D eigenvalue weighted by Gasteiger charge is 2.22. The Morgan fingerprint density at radius 1 is 0.800 bits per heavy atom. The molecule has 126 valence electrons. The lowest BCUT2D eigenvalue weighted by Gasteiger charge is -2.20. The van der Waals surface area contributed by atoms with Gasteiger partial charge in [0.05, 0.1) is 6.04 Å². The molecule has 0 saturated carbocycles. The van der Waals surface area contributed by atoms with Crippen LogP contribution in [0.1, 0.15) is 27.5 Å². The van der Waals surface area contributed by atoms with E-state index in [-0.39, 0.29) is 0 Å². The van der Waals surface area contributed by atoms with Crippen molar-refractivity contribution in [2.75, 3.05) is 0 Å². The number of halogens is 3. The van der Waals surface area contributed by atoms with Crippen LogP contribution in [-0.4, -0.2) is 5.91 Å². The Hall–Kier alpha value is -2.72. The first kappa shape index (κ1) is 17.1. The van der Waals surface area contributed by atoms with Gasteiger partial charge in [-0.15, -0.1) is 0 Å². The second-order valence-electron chi connectivity index (χ2n) is 5.47. The molecule has 1 amide bonds. The molecule has 0 aliphatic carbocycles. The molecule has 25 heavy (non-hydrogen) atoms. The van der Waals surface area contributed by atoms with Gasteiger partial charge in [0.1, 0.15) is 17.2 Å². The minimum atomic E-state index is -0.902. The van der Waals surface area contributed by atoms with E-state index in [1.807, 2.05) is 30.3 Å². The topological polar surface area (TPSA) is 29.1 Å². The van der Waals surface area contributed by atoms with Crippen LogP contribution in [0.4, 0.5) is 8.78 Å². The van der Waals surface area contributed by atoms with Crippen molar-refractivity contribution in [3.63, 3.8) is 0 Å². The summed E-state index contributed by atoms with van der Waals surface area (Å²) < 4.78 is 27.8. The van der Waals surface area contributed by atoms with Gasteiger partial charge < -0.3 is 5.32 Å². The predicted molar refractivity (Wildman–Crippen MR) is 93.6 cm³/mol. The lowest BCUT2D eigenvalue weighted by molar-refractivity contribution is 0.0934. The van der Waals surface area contributed by atoms with Gasteiger partial charge in [-0.3, -0.25) is 4.79 Å². The van der Waals surface area contributed by atoms with Crippen LogP contribution in [0.3, 0.4) is 0 Å². The second kappa shape index (κ2) is 7.45. The molecular formula is C20H14ClF2NO. The van der Waals surface area contributed by atoms with E-state index < -0.39 is 29.1 Å². The monoisotopic (exact) mass is 357 g/mol. The molecule has 0 radical (unpaired) electrons. The van der Waals surface area contributed by atoms with Gasteiger partial charge in [-0.2, -0.15) is 0 Å². The van der Waals surface area contributed by atoms with E-state index in [1.54, 1.807) is 24.3 Å². The molecule has 0 aliphatic rings. The maximum atomic E-state index is 13.9. The quantitative estimate of drug-likeness (QED) is 0.688. The molecule has 0 aliphatic heterocycles. The number of hydrogen-bond donors (Lipinski definition) is 1. The average Bonchev–Trinajstić information content (AvgIpc) is 2.61. The molecule has 0 aromatic heterocycles. The molecule has 0 saturated heterocycles. The highest BCUT2D eigenvalue weighted by molar-refractivity contribution is 6.30. The zero-order chi connectivity index (χ0) is 17.8. The van der Waals surface area contributed by atoms with Gasteiger partial charge in [0.15, 0.2) is 0 Å². The smallest absolute Gasteiger partial charge is 0.258 e. The van der Waals surface area contributed by atoms with E-state index in [1.165, 1.54) is 6.07 Å². The Balaban J connectivity index is 1.98. The van der Waals surface area contributed by atoms with Gasteiger partial charge in [-0.25, -0.2) is 8.78 Å². The summed E-state index contributed by atoms with van der Waals surface area (Å²) in [5, 5.41) is 3.26. The van der Waals surface area contributed by atoms with E-state index in [9.17, 15) is 13.6 Å². The molecule has 1 unspecified atom stereocenters. The Bertz CT molecular complexity index is 862. The SMILES string of the molecule is O=C(NC(c1ccccc1)c1ccc(Cl)cc1)c1c(F)cccc1F. The first-order valence-electron chi connectivity index (χ1n) is 7.61. The Morgan fingerprint density at radius 2 is 1.36 bits per heavy atom. The minimum Gasteiger partial charge on any atom is -0.341 e. The zero-order valence-electron chi connectivity index (χ0n) is 13.0. The number of carbonyl (C=O) groups excluding carboxylic acids is 1. The van der Waals surface area contributed by atoms with Crippen LogP contribution < -0.4 is 5.32 Å². The molecule has 5 heteroatoms. The van der Waals surface area contributed by atoms with Gasteiger partial charge >= 0.3 is 0 Å². The number of hydrogen-bond acceptors (Lipinski definition) is 1. The van der Waals surface area contributed by atoms with Crippen molar-refractivity contribution in [2.24, 2.45) is 0 Å². The first-order valence-corrected chi connectivity index (χ1v) is 7.99. The maximum Gasteiger partial charge on any atom is 0.258 e. The summed E-state index contributed by atoms with van der Waals surface area (Å²) in [7, 11) is 0. The van der Waals surface area contributed by atoms with E-state index in [4.69, 9.17) is 11.6 Å². The summed E-state index contributed by atoms with van der Waals surface area (Å²) in [6, 6.07) is 18.8. The van der Waals surface area contributed by atoms with Gasteiger partial charge in [0, 0.05) is 5.02 Å². The van der Waals surface area contributed by atoms with Crippen LogP contribution in [0.5, 0.6) is 0 Å². The number of carbonyl (C=O) groups is 1. The molecule has 0 fully saturated rings. The summed E-state index contributed by atoms with van der Waals surface area (Å²) in [5.74, 6) is -2.62. The molecule has 3 aromatic carbocycles. The summed E-state index contributed by atoms with van der Waals surface area (Å²) in [6.45, 7) is 0. The van der Waals surface area contributed by atoms with Gasteiger partial charge in [-0.05, 0) is 35.4 Å². The largest absolute Gasteiger partial charge is 0.341 e. The molecular weight excluding hydrogens is 344 g/mol. The molecule has 0 heterocycles. The summed E-state index contributed by atoms with van der Waals surface area (Å²) in [4.78, 5) is 12.5. The Morgan fingerprint density at radius 3 is 1.96 bits per heavy atom. The Labute approximate surface area is 149 Å². The molecule has 0 spiro atoms. The van der Waals surface area contributed by atoms with Crippen LogP contribution >= 0.6 is 11.6 Å². The van der Waals surface area contributed by atoms with E-state index in [2.05, 4.69) is 5.32 Å². The lowest BCUT2D eigenvalue weighted by Crippen LogP contribution is -2.30. The van der Waals surface area contributed by atoms with E-state index in [0.29, 0.717) is 5.02 Å². The molecule has 1 atom stereocenters. The van der Waals surface area contributed by atoms with Crippen molar-refractivity contribution in [3.05, 3.63) is 106 Å².